The number of carbonyl (C=O) groups excluding carboxylic acids is 2. The average molecular weight is 412 g/mol. The number of rotatable bonds is 7. The third-order valence-electron chi connectivity index (χ3n) is 4.69. The van der Waals surface area contributed by atoms with Gasteiger partial charge in [0.15, 0.2) is 11.5 Å². The van der Waals surface area contributed by atoms with Crippen molar-refractivity contribution < 1.29 is 19.1 Å². The molecule has 0 saturated carbocycles. The van der Waals surface area contributed by atoms with E-state index in [4.69, 9.17) is 9.47 Å². The van der Waals surface area contributed by atoms with Gasteiger partial charge in [0.2, 0.25) is 0 Å². The predicted octanol–water partition coefficient (Wildman–Crippen LogP) is 5.42. The molecule has 2 aromatic carbocycles. The zero-order valence-corrected chi connectivity index (χ0v) is 17.9. The first kappa shape index (κ1) is 21.0. The molecular weight excluding hydrogens is 386 g/mol. The monoisotopic (exact) mass is 411 g/mol. The molecule has 152 valence electrons. The maximum Gasteiger partial charge on any atom is 0.293 e. The number of amides is 2. The molecule has 3 rings (SSSR count). The van der Waals surface area contributed by atoms with Gasteiger partial charge in [0.1, 0.15) is 0 Å². The lowest BCUT2D eigenvalue weighted by Gasteiger charge is -2.15. The second-order valence-corrected chi connectivity index (χ2v) is 8.00. The van der Waals surface area contributed by atoms with Crippen LogP contribution in [0.25, 0.3) is 6.08 Å². The summed E-state index contributed by atoms with van der Waals surface area (Å²) in [5, 5.41) is -0.258. The maximum atomic E-state index is 12.8. The zero-order chi connectivity index (χ0) is 21.0. The standard InChI is InChI=1S/C23H25NO4S/c1-5-16(3)28-19-10-9-17(12-20(19)27-4)13-21-22(25)24(23(26)29-21)14-18-8-6-7-15(2)11-18/h6-13,16H,5,14H2,1-4H3/b21-13-/t16-/m1/s1. The van der Waals surface area contributed by atoms with Gasteiger partial charge in [-0.1, -0.05) is 42.8 Å². The highest BCUT2D eigenvalue weighted by molar-refractivity contribution is 8.18. The predicted molar refractivity (Wildman–Crippen MR) is 116 cm³/mol. The lowest BCUT2D eigenvalue weighted by atomic mass is 10.1. The van der Waals surface area contributed by atoms with Crippen molar-refractivity contribution in [3.05, 3.63) is 64.1 Å². The minimum absolute atomic E-state index is 0.0767. The minimum Gasteiger partial charge on any atom is -0.493 e. The fraction of sp³-hybridized carbons (Fsp3) is 0.304. The number of carbonyl (C=O) groups is 2. The van der Waals surface area contributed by atoms with Gasteiger partial charge in [-0.3, -0.25) is 14.5 Å². The van der Waals surface area contributed by atoms with Gasteiger partial charge in [-0.2, -0.15) is 0 Å². The van der Waals surface area contributed by atoms with E-state index in [9.17, 15) is 9.59 Å². The van der Waals surface area contributed by atoms with Gasteiger partial charge in [0.25, 0.3) is 11.1 Å². The Balaban J connectivity index is 1.80. The van der Waals surface area contributed by atoms with Crippen LogP contribution in [-0.2, 0) is 11.3 Å². The van der Waals surface area contributed by atoms with Crippen molar-refractivity contribution in [1.29, 1.82) is 0 Å². The molecule has 0 spiro atoms. The highest BCUT2D eigenvalue weighted by Gasteiger charge is 2.35. The van der Waals surface area contributed by atoms with Gasteiger partial charge < -0.3 is 9.47 Å². The summed E-state index contributed by atoms with van der Waals surface area (Å²) in [7, 11) is 1.58. The fourth-order valence-electron chi connectivity index (χ4n) is 2.95. The molecule has 5 nitrogen and oxygen atoms in total. The van der Waals surface area contributed by atoms with E-state index in [1.165, 1.54) is 4.90 Å². The molecule has 2 amide bonds. The topological polar surface area (TPSA) is 55.8 Å². The number of methoxy groups -OCH3 is 1. The summed E-state index contributed by atoms with van der Waals surface area (Å²) in [5.41, 5.74) is 2.80. The van der Waals surface area contributed by atoms with Gasteiger partial charge in [0.05, 0.1) is 24.7 Å². The van der Waals surface area contributed by atoms with E-state index in [2.05, 4.69) is 6.92 Å². The number of ether oxygens (including phenoxy) is 2. The van der Waals surface area contributed by atoms with Crippen LogP contribution < -0.4 is 9.47 Å². The number of benzene rings is 2. The highest BCUT2D eigenvalue weighted by Crippen LogP contribution is 2.35. The third kappa shape index (κ3) is 5.01. The summed E-state index contributed by atoms with van der Waals surface area (Å²) < 4.78 is 11.3. The van der Waals surface area contributed by atoms with E-state index in [0.29, 0.717) is 16.4 Å². The summed E-state index contributed by atoms with van der Waals surface area (Å²) in [5.74, 6) is 0.977. The van der Waals surface area contributed by atoms with E-state index >= 15 is 0 Å². The smallest absolute Gasteiger partial charge is 0.293 e. The summed E-state index contributed by atoms with van der Waals surface area (Å²) in [6.45, 7) is 6.31. The number of hydrogen-bond donors (Lipinski definition) is 0. The van der Waals surface area contributed by atoms with Crippen LogP contribution in [0, 0.1) is 6.92 Å². The number of hydrogen-bond acceptors (Lipinski definition) is 5. The largest absolute Gasteiger partial charge is 0.493 e. The molecule has 1 fully saturated rings. The van der Waals surface area contributed by atoms with Crippen LogP contribution in [0.5, 0.6) is 11.5 Å². The van der Waals surface area contributed by atoms with E-state index in [0.717, 1.165) is 34.9 Å². The minimum atomic E-state index is -0.277. The molecular formula is C23H25NO4S. The Morgan fingerprint density at radius 3 is 2.62 bits per heavy atom. The summed E-state index contributed by atoms with van der Waals surface area (Å²) in [4.78, 5) is 26.8. The molecule has 0 bridgehead atoms. The second-order valence-electron chi connectivity index (χ2n) is 7.00. The van der Waals surface area contributed by atoms with Gasteiger partial charge in [-0.15, -0.1) is 0 Å². The molecule has 29 heavy (non-hydrogen) atoms. The Hall–Kier alpha value is -2.73. The Morgan fingerprint density at radius 2 is 1.93 bits per heavy atom. The van der Waals surface area contributed by atoms with Gasteiger partial charge in [0, 0.05) is 0 Å². The molecule has 0 aromatic heterocycles. The molecule has 2 aromatic rings. The second kappa shape index (κ2) is 9.18. The van der Waals surface area contributed by atoms with E-state index in [1.807, 2.05) is 56.3 Å². The third-order valence-corrected chi connectivity index (χ3v) is 5.59. The first-order chi connectivity index (χ1) is 13.9. The average Bonchev–Trinajstić information content (AvgIpc) is 2.96. The first-order valence-electron chi connectivity index (χ1n) is 9.57. The fourth-order valence-corrected chi connectivity index (χ4v) is 3.79. The van der Waals surface area contributed by atoms with Crippen LogP contribution in [0.2, 0.25) is 0 Å². The van der Waals surface area contributed by atoms with Crippen LogP contribution in [0.1, 0.15) is 37.0 Å². The van der Waals surface area contributed by atoms with E-state index in [-0.39, 0.29) is 23.8 Å². The Bertz CT molecular complexity index is 954. The van der Waals surface area contributed by atoms with Crippen LogP contribution in [0.4, 0.5) is 4.79 Å². The molecule has 1 atom stereocenters. The number of imide groups is 1. The lowest BCUT2D eigenvalue weighted by Crippen LogP contribution is -2.27. The van der Waals surface area contributed by atoms with Gasteiger partial charge >= 0.3 is 0 Å². The molecule has 1 heterocycles. The number of thioether (sulfide) groups is 1. The molecule has 0 aliphatic carbocycles. The molecule has 0 radical (unpaired) electrons. The first-order valence-corrected chi connectivity index (χ1v) is 10.4. The zero-order valence-electron chi connectivity index (χ0n) is 17.1. The van der Waals surface area contributed by atoms with Crippen molar-refractivity contribution >= 4 is 29.0 Å². The molecule has 0 unspecified atom stereocenters. The van der Waals surface area contributed by atoms with Crippen molar-refractivity contribution in [1.82, 2.24) is 4.90 Å². The Kier molecular flexibility index (Phi) is 6.64. The molecule has 1 aliphatic rings. The van der Waals surface area contributed by atoms with E-state index < -0.39 is 0 Å². The molecule has 6 heteroatoms. The molecule has 1 aliphatic heterocycles. The Labute approximate surface area is 175 Å². The van der Waals surface area contributed by atoms with Crippen molar-refractivity contribution in [2.75, 3.05) is 7.11 Å². The van der Waals surface area contributed by atoms with Crippen LogP contribution in [0.15, 0.2) is 47.4 Å². The summed E-state index contributed by atoms with van der Waals surface area (Å²) in [6, 6.07) is 13.3. The Morgan fingerprint density at radius 1 is 1.14 bits per heavy atom. The van der Waals surface area contributed by atoms with Crippen molar-refractivity contribution in [3.63, 3.8) is 0 Å². The van der Waals surface area contributed by atoms with Gasteiger partial charge in [-0.05, 0) is 61.4 Å². The maximum absolute atomic E-state index is 12.8. The van der Waals surface area contributed by atoms with Gasteiger partial charge in [-0.25, -0.2) is 0 Å². The lowest BCUT2D eigenvalue weighted by molar-refractivity contribution is -0.123. The van der Waals surface area contributed by atoms with Crippen LogP contribution >= 0.6 is 11.8 Å². The SMILES string of the molecule is CC[C@@H](C)Oc1ccc(/C=C2\SC(=O)N(Cc3cccc(C)c3)C2=O)cc1OC. The van der Waals surface area contributed by atoms with E-state index in [1.54, 1.807) is 13.2 Å². The highest BCUT2D eigenvalue weighted by atomic mass is 32.2. The quantitative estimate of drug-likeness (QED) is 0.570. The van der Waals surface area contributed by atoms with Crippen molar-refractivity contribution in [2.45, 2.75) is 39.8 Å². The summed E-state index contributed by atoms with van der Waals surface area (Å²) >= 11 is 0.958. The van der Waals surface area contributed by atoms with Crippen LogP contribution in [-0.4, -0.2) is 29.3 Å². The van der Waals surface area contributed by atoms with Crippen LogP contribution in [0.3, 0.4) is 0 Å². The molecule has 1 saturated heterocycles. The van der Waals surface area contributed by atoms with Crippen molar-refractivity contribution in [2.24, 2.45) is 0 Å². The van der Waals surface area contributed by atoms with Crippen molar-refractivity contribution in [3.8, 4) is 11.5 Å². The number of nitrogens with zero attached hydrogens (tertiary/aromatic N) is 1. The number of aryl methyl sites for hydroxylation is 1. The normalized spacial score (nSPS) is 16.4. The summed E-state index contributed by atoms with van der Waals surface area (Å²) in [6.07, 6.45) is 2.68. The molecule has 0 N–H and O–H groups in total.